The number of hydrogen-bond donors (Lipinski definition) is 3. The molecule has 0 aromatic rings. The van der Waals surface area contributed by atoms with Crippen LogP contribution in [0.15, 0.2) is 0 Å². The maximum absolute atomic E-state index is 8.56. The molecule has 0 saturated carbocycles. The lowest BCUT2D eigenvalue weighted by atomic mass is 10.4. The maximum atomic E-state index is 8.56. The Balaban J connectivity index is 0.000000180. The van der Waals surface area contributed by atoms with E-state index in [0.717, 1.165) is 13.1 Å². The van der Waals surface area contributed by atoms with E-state index in [0.29, 0.717) is 0 Å². The minimum absolute atomic E-state index is 1.10. The topological polar surface area (TPSA) is 86.8 Å². The van der Waals surface area contributed by atoms with Crippen LogP contribution >= 0.6 is 0 Å². The molecule has 0 radical (unpaired) electrons. The number of nitrogens with two attached hydrogens (primary N) is 1. The Bertz CT molecular complexity index is 97.1. The molecule has 0 amide bonds. The van der Waals surface area contributed by atoms with E-state index in [4.69, 9.17) is 20.9 Å². The molecule has 0 aliphatic carbocycles. The summed E-state index contributed by atoms with van der Waals surface area (Å²) < 4.78 is 0. The van der Waals surface area contributed by atoms with Crippen LogP contribution in [0.25, 0.3) is 0 Å². The summed E-state index contributed by atoms with van der Waals surface area (Å²) in [5, 5.41) is 15.8. The van der Waals surface area contributed by atoms with Crippen molar-refractivity contribution in [2.45, 2.75) is 12.8 Å². The number of hydrogen-bond acceptors (Lipinski definition) is 3. The Kier molecular flexibility index (Phi) is 4.61. The van der Waals surface area contributed by atoms with Gasteiger partial charge in [0.1, 0.15) is 0 Å². The van der Waals surface area contributed by atoms with Crippen molar-refractivity contribution in [2.75, 3.05) is 13.1 Å². The van der Waals surface area contributed by atoms with Crippen molar-refractivity contribution in [1.29, 1.82) is 0 Å². The summed E-state index contributed by atoms with van der Waals surface area (Å²) in [6, 6.07) is 0. The van der Waals surface area contributed by atoms with Crippen molar-refractivity contribution in [3.8, 4) is 0 Å². The molecule has 4 N–H and O–H groups in total. The predicted molar refractivity (Wildman–Crippen MR) is 35.6 cm³/mol. The van der Waals surface area contributed by atoms with E-state index in [2.05, 4.69) is 0 Å². The Hall–Kier alpha value is -0.810. The van der Waals surface area contributed by atoms with Gasteiger partial charge < -0.3 is 10.2 Å². The highest BCUT2D eigenvalue weighted by Crippen LogP contribution is 1.99. The molecule has 1 saturated heterocycles. The van der Waals surface area contributed by atoms with E-state index in [1.807, 2.05) is 5.01 Å². The lowest BCUT2D eigenvalue weighted by Crippen LogP contribution is -2.26. The number of carboxylic acid groups (broad SMARTS) is 2. The molecule has 1 fully saturated rings. The lowest BCUT2D eigenvalue weighted by Gasteiger charge is -2.01. The highest BCUT2D eigenvalue weighted by molar-refractivity contribution is 5.53. The van der Waals surface area contributed by atoms with Crippen LogP contribution in [-0.4, -0.2) is 34.5 Å². The van der Waals surface area contributed by atoms with E-state index in [9.17, 15) is 0 Å². The van der Waals surface area contributed by atoms with Crippen LogP contribution in [0.5, 0.6) is 0 Å². The Morgan fingerprint density at radius 3 is 1.70 bits per heavy atom. The molecule has 0 unspecified atom stereocenters. The van der Waals surface area contributed by atoms with E-state index < -0.39 is 6.16 Å². The van der Waals surface area contributed by atoms with Gasteiger partial charge >= 0.3 is 6.16 Å². The van der Waals surface area contributed by atoms with Gasteiger partial charge in [-0.2, -0.15) is 0 Å². The van der Waals surface area contributed by atoms with Gasteiger partial charge in [-0.15, -0.1) is 0 Å². The second kappa shape index (κ2) is 5.01. The third kappa shape index (κ3) is 7.19. The molecular formula is C5H12N2O3. The zero-order valence-corrected chi connectivity index (χ0v) is 5.66. The highest BCUT2D eigenvalue weighted by Gasteiger charge is 2.03. The number of rotatable bonds is 0. The van der Waals surface area contributed by atoms with Crippen LogP contribution in [0.4, 0.5) is 4.79 Å². The Labute approximate surface area is 59.0 Å². The molecule has 0 aromatic heterocycles. The van der Waals surface area contributed by atoms with Gasteiger partial charge in [-0.25, -0.2) is 9.80 Å². The van der Waals surface area contributed by atoms with Gasteiger partial charge in [0.2, 0.25) is 0 Å². The van der Waals surface area contributed by atoms with Crippen molar-refractivity contribution in [3.05, 3.63) is 0 Å². The molecule has 5 heteroatoms. The summed E-state index contributed by atoms with van der Waals surface area (Å²) >= 11 is 0. The first kappa shape index (κ1) is 9.19. The summed E-state index contributed by atoms with van der Waals surface area (Å²) in [4.78, 5) is 8.56. The van der Waals surface area contributed by atoms with Crippen molar-refractivity contribution >= 4 is 6.16 Å². The SMILES string of the molecule is NN1CCCC1.O=C(O)O. The fourth-order valence-electron chi connectivity index (χ4n) is 0.742. The summed E-state index contributed by atoms with van der Waals surface area (Å²) in [7, 11) is 0. The maximum Gasteiger partial charge on any atom is 0.503 e. The molecule has 0 spiro atoms. The Morgan fingerprint density at radius 1 is 1.30 bits per heavy atom. The first-order valence-electron chi connectivity index (χ1n) is 3.04. The summed E-state index contributed by atoms with van der Waals surface area (Å²) in [6.07, 6.45) is 0.743. The minimum Gasteiger partial charge on any atom is -0.450 e. The summed E-state index contributed by atoms with van der Waals surface area (Å²) in [6.45, 7) is 2.19. The third-order valence-corrected chi connectivity index (χ3v) is 1.14. The van der Waals surface area contributed by atoms with Gasteiger partial charge in [-0.05, 0) is 12.8 Å². The molecule has 1 aliphatic rings. The number of nitrogens with zero attached hydrogens (tertiary/aromatic N) is 1. The monoisotopic (exact) mass is 148 g/mol. The van der Waals surface area contributed by atoms with Gasteiger partial charge in [0.05, 0.1) is 0 Å². The van der Waals surface area contributed by atoms with E-state index >= 15 is 0 Å². The van der Waals surface area contributed by atoms with Crippen molar-refractivity contribution in [2.24, 2.45) is 5.84 Å². The molecule has 60 valence electrons. The van der Waals surface area contributed by atoms with Crippen LogP contribution < -0.4 is 5.84 Å². The van der Waals surface area contributed by atoms with Gasteiger partial charge in [0.25, 0.3) is 0 Å². The highest BCUT2D eigenvalue weighted by atomic mass is 16.6. The van der Waals surface area contributed by atoms with E-state index in [-0.39, 0.29) is 0 Å². The van der Waals surface area contributed by atoms with Crippen LogP contribution in [0.1, 0.15) is 12.8 Å². The summed E-state index contributed by atoms with van der Waals surface area (Å²) in [5.74, 6) is 5.37. The van der Waals surface area contributed by atoms with Crippen LogP contribution in [-0.2, 0) is 0 Å². The first-order chi connectivity index (χ1) is 4.63. The third-order valence-electron chi connectivity index (χ3n) is 1.14. The lowest BCUT2D eigenvalue weighted by molar-refractivity contribution is 0.137. The molecule has 1 rings (SSSR count). The van der Waals surface area contributed by atoms with Gasteiger partial charge in [0, 0.05) is 13.1 Å². The molecule has 0 atom stereocenters. The Morgan fingerprint density at radius 2 is 1.60 bits per heavy atom. The normalized spacial score (nSPS) is 17.7. The number of hydrazine groups is 1. The fourth-order valence-corrected chi connectivity index (χ4v) is 0.742. The zero-order valence-electron chi connectivity index (χ0n) is 5.66. The second-order valence-electron chi connectivity index (χ2n) is 2.03. The largest absolute Gasteiger partial charge is 0.503 e. The second-order valence-corrected chi connectivity index (χ2v) is 2.03. The minimum atomic E-state index is -1.83. The van der Waals surface area contributed by atoms with Crippen molar-refractivity contribution < 1.29 is 15.0 Å². The van der Waals surface area contributed by atoms with Gasteiger partial charge in [0.15, 0.2) is 0 Å². The average molecular weight is 148 g/mol. The van der Waals surface area contributed by atoms with Gasteiger partial charge in [-0.1, -0.05) is 0 Å². The fraction of sp³-hybridized carbons (Fsp3) is 0.800. The zero-order chi connectivity index (χ0) is 7.98. The summed E-state index contributed by atoms with van der Waals surface area (Å²) in [5.41, 5.74) is 0. The van der Waals surface area contributed by atoms with Crippen LogP contribution in [0.2, 0.25) is 0 Å². The molecule has 1 heterocycles. The number of carbonyl (C=O) groups is 1. The molecule has 0 aromatic carbocycles. The predicted octanol–water partition coefficient (Wildman–Crippen LogP) is 0.178. The molecule has 0 bridgehead atoms. The quantitative estimate of drug-likeness (QED) is 0.426. The van der Waals surface area contributed by atoms with E-state index in [1.54, 1.807) is 0 Å². The van der Waals surface area contributed by atoms with Crippen molar-refractivity contribution in [3.63, 3.8) is 0 Å². The first-order valence-corrected chi connectivity index (χ1v) is 3.04. The standard InChI is InChI=1S/C4H10N2.CH2O3/c5-6-3-1-2-4-6;2-1(3)4/h1-5H2;(H2,2,3,4). The molecule has 5 nitrogen and oxygen atoms in total. The van der Waals surface area contributed by atoms with E-state index in [1.165, 1.54) is 12.8 Å². The smallest absolute Gasteiger partial charge is 0.450 e. The van der Waals surface area contributed by atoms with Gasteiger partial charge in [-0.3, -0.25) is 5.84 Å². The molecule has 1 aliphatic heterocycles. The van der Waals surface area contributed by atoms with Crippen LogP contribution in [0.3, 0.4) is 0 Å². The molecule has 10 heavy (non-hydrogen) atoms. The average Bonchev–Trinajstić information content (AvgIpc) is 2.15. The van der Waals surface area contributed by atoms with Crippen LogP contribution in [0, 0.1) is 0 Å². The molecular weight excluding hydrogens is 136 g/mol. The van der Waals surface area contributed by atoms with Crippen molar-refractivity contribution in [1.82, 2.24) is 5.01 Å².